The number of carboxylic acids is 1. The SMILES string of the molecule is CC(C)(C)OC(=O)Nc1sc(-c2cc(F)ccc2F)nc1C(=O)O. The molecule has 0 saturated heterocycles. The van der Waals surface area contributed by atoms with E-state index in [9.17, 15) is 23.5 Å². The molecule has 0 radical (unpaired) electrons. The molecule has 1 amide bonds. The lowest BCUT2D eigenvalue weighted by atomic mass is 10.2. The van der Waals surface area contributed by atoms with Crippen molar-refractivity contribution in [1.82, 2.24) is 4.98 Å². The third kappa shape index (κ3) is 4.25. The second-order valence-corrected chi connectivity index (χ2v) is 6.75. The lowest BCUT2D eigenvalue weighted by Crippen LogP contribution is -2.27. The van der Waals surface area contributed by atoms with Gasteiger partial charge in [0.15, 0.2) is 5.69 Å². The van der Waals surface area contributed by atoms with E-state index in [0.29, 0.717) is 11.3 Å². The first-order valence-corrected chi connectivity index (χ1v) is 7.58. The Hall–Kier alpha value is -2.55. The first-order valence-electron chi connectivity index (χ1n) is 6.76. The Morgan fingerprint density at radius 3 is 2.54 bits per heavy atom. The highest BCUT2D eigenvalue weighted by atomic mass is 32.1. The summed E-state index contributed by atoms with van der Waals surface area (Å²) in [5.74, 6) is -2.87. The maximum atomic E-state index is 13.8. The summed E-state index contributed by atoms with van der Waals surface area (Å²) >= 11 is 0.708. The number of carbonyl (C=O) groups is 2. The van der Waals surface area contributed by atoms with Gasteiger partial charge in [0.2, 0.25) is 0 Å². The molecular weight excluding hydrogens is 342 g/mol. The quantitative estimate of drug-likeness (QED) is 0.863. The van der Waals surface area contributed by atoms with Gasteiger partial charge >= 0.3 is 12.1 Å². The molecule has 6 nitrogen and oxygen atoms in total. The van der Waals surface area contributed by atoms with E-state index in [-0.39, 0.29) is 15.6 Å². The molecule has 2 N–H and O–H groups in total. The Morgan fingerprint density at radius 2 is 1.96 bits per heavy atom. The van der Waals surface area contributed by atoms with Gasteiger partial charge in [-0.3, -0.25) is 5.32 Å². The fraction of sp³-hybridized carbons (Fsp3) is 0.267. The molecule has 0 unspecified atom stereocenters. The van der Waals surface area contributed by atoms with E-state index in [0.717, 1.165) is 18.2 Å². The first kappa shape index (κ1) is 17.8. The molecule has 9 heteroatoms. The van der Waals surface area contributed by atoms with Crippen LogP contribution in [0.4, 0.5) is 18.6 Å². The van der Waals surface area contributed by atoms with E-state index >= 15 is 0 Å². The van der Waals surface area contributed by atoms with Crippen LogP contribution in [0.5, 0.6) is 0 Å². The number of thiazole rings is 1. The molecule has 24 heavy (non-hydrogen) atoms. The smallest absolute Gasteiger partial charge is 0.412 e. The summed E-state index contributed by atoms with van der Waals surface area (Å²) in [6.45, 7) is 4.93. The molecule has 0 aliphatic rings. The van der Waals surface area contributed by atoms with Crippen LogP contribution in [0.15, 0.2) is 18.2 Å². The van der Waals surface area contributed by atoms with E-state index in [2.05, 4.69) is 10.3 Å². The number of nitrogens with zero attached hydrogens (tertiary/aromatic N) is 1. The summed E-state index contributed by atoms with van der Waals surface area (Å²) in [6, 6.07) is 2.74. The van der Waals surface area contributed by atoms with E-state index in [1.54, 1.807) is 20.8 Å². The molecule has 0 spiro atoms. The van der Waals surface area contributed by atoms with Crippen LogP contribution in [-0.4, -0.2) is 27.8 Å². The van der Waals surface area contributed by atoms with E-state index in [1.165, 1.54) is 0 Å². The summed E-state index contributed by atoms with van der Waals surface area (Å²) in [4.78, 5) is 26.8. The van der Waals surface area contributed by atoms with Crippen LogP contribution in [0.2, 0.25) is 0 Å². The molecule has 1 aromatic heterocycles. The Balaban J connectivity index is 2.39. The van der Waals surface area contributed by atoms with Gasteiger partial charge in [-0.2, -0.15) is 0 Å². The number of hydrogen-bond acceptors (Lipinski definition) is 5. The fourth-order valence-electron chi connectivity index (χ4n) is 1.72. The van der Waals surface area contributed by atoms with E-state index in [1.807, 2.05) is 0 Å². The number of rotatable bonds is 3. The summed E-state index contributed by atoms with van der Waals surface area (Å²) in [6.07, 6.45) is -0.875. The number of hydrogen-bond donors (Lipinski definition) is 2. The number of anilines is 1. The number of ether oxygens (including phenoxy) is 1. The molecule has 128 valence electrons. The van der Waals surface area contributed by atoms with Crippen molar-refractivity contribution in [2.24, 2.45) is 0 Å². The largest absolute Gasteiger partial charge is 0.476 e. The van der Waals surface area contributed by atoms with Crippen molar-refractivity contribution in [3.8, 4) is 10.6 Å². The van der Waals surface area contributed by atoms with Crippen molar-refractivity contribution in [3.63, 3.8) is 0 Å². The zero-order valence-electron chi connectivity index (χ0n) is 13.0. The minimum atomic E-state index is -1.42. The van der Waals surface area contributed by atoms with Gasteiger partial charge in [-0.1, -0.05) is 11.3 Å². The summed E-state index contributed by atoms with van der Waals surface area (Å²) in [7, 11) is 0. The number of aromatic nitrogens is 1. The normalized spacial score (nSPS) is 11.2. The predicted molar refractivity (Wildman–Crippen MR) is 84.3 cm³/mol. The van der Waals surface area contributed by atoms with Crippen LogP contribution in [0.3, 0.4) is 0 Å². The third-order valence-electron chi connectivity index (χ3n) is 2.60. The molecular formula is C15H14F2N2O4S. The third-order valence-corrected chi connectivity index (χ3v) is 3.61. The van der Waals surface area contributed by atoms with Crippen molar-refractivity contribution in [2.45, 2.75) is 26.4 Å². The fourth-order valence-corrected chi connectivity index (χ4v) is 2.68. The zero-order valence-corrected chi connectivity index (χ0v) is 13.8. The number of benzene rings is 1. The number of carboxylic acid groups (broad SMARTS) is 1. The number of nitrogens with one attached hydrogen (secondary N) is 1. The van der Waals surface area contributed by atoms with Gasteiger partial charge in [-0.25, -0.2) is 23.4 Å². The van der Waals surface area contributed by atoms with Gasteiger partial charge in [0.05, 0.1) is 0 Å². The zero-order chi connectivity index (χ0) is 18.1. The van der Waals surface area contributed by atoms with E-state index in [4.69, 9.17) is 4.74 Å². The molecule has 0 saturated carbocycles. The highest BCUT2D eigenvalue weighted by molar-refractivity contribution is 7.19. The van der Waals surface area contributed by atoms with Gasteiger partial charge in [0.25, 0.3) is 0 Å². The van der Waals surface area contributed by atoms with Crippen molar-refractivity contribution < 1.29 is 28.2 Å². The Morgan fingerprint density at radius 1 is 1.29 bits per heavy atom. The number of halogens is 2. The highest BCUT2D eigenvalue weighted by Crippen LogP contribution is 2.34. The van der Waals surface area contributed by atoms with Crippen LogP contribution < -0.4 is 5.32 Å². The molecule has 0 aliphatic carbocycles. The summed E-state index contributed by atoms with van der Waals surface area (Å²) in [5, 5.41) is 11.2. The van der Waals surface area contributed by atoms with Gasteiger partial charge in [0, 0.05) is 5.56 Å². The monoisotopic (exact) mass is 356 g/mol. The lowest BCUT2D eigenvalue weighted by Gasteiger charge is -2.19. The van der Waals surface area contributed by atoms with Gasteiger partial charge in [-0.15, -0.1) is 0 Å². The van der Waals surface area contributed by atoms with Crippen LogP contribution in [0.25, 0.3) is 10.6 Å². The standard InChI is InChI=1S/C15H14F2N2O4S/c1-15(2,3)23-14(22)19-12-10(13(20)21)18-11(24-12)8-6-7(16)4-5-9(8)17/h4-6H,1-3H3,(H,19,22)(H,20,21). The second kappa shape index (κ2) is 6.52. The highest BCUT2D eigenvalue weighted by Gasteiger charge is 2.24. The number of amides is 1. The molecule has 2 rings (SSSR count). The molecule has 2 aromatic rings. The Kier molecular flexibility index (Phi) is 4.83. The Labute approximate surface area is 140 Å². The minimum Gasteiger partial charge on any atom is -0.476 e. The van der Waals surface area contributed by atoms with Crippen molar-refractivity contribution in [2.75, 3.05) is 5.32 Å². The van der Waals surface area contributed by atoms with Crippen molar-refractivity contribution in [1.29, 1.82) is 0 Å². The van der Waals surface area contributed by atoms with Gasteiger partial charge in [0.1, 0.15) is 27.2 Å². The average molecular weight is 356 g/mol. The molecule has 0 aliphatic heterocycles. The van der Waals surface area contributed by atoms with Crippen molar-refractivity contribution >= 4 is 28.4 Å². The number of carbonyl (C=O) groups excluding carboxylic acids is 1. The summed E-state index contributed by atoms with van der Waals surface area (Å²) in [5.41, 5.74) is -1.46. The first-order chi connectivity index (χ1) is 11.1. The molecule has 1 aromatic carbocycles. The molecule has 0 fully saturated rings. The maximum Gasteiger partial charge on any atom is 0.412 e. The number of aromatic carboxylic acids is 1. The summed E-state index contributed by atoms with van der Waals surface area (Å²) < 4.78 is 32.2. The van der Waals surface area contributed by atoms with Crippen molar-refractivity contribution in [3.05, 3.63) is 35.5 Å². The molecule has 1 heterocycles. The van der Waals surface area contributed by atoms with Gasteiger partial charge < -0.3 is 9.84 Å². The van der Waals surface area contributed by atoms with Crippen LogP contribution in [-0.2, 0) is 4.74 Å². The van der Waals surface area contributed by atoms with Crippen LogP contribution in [0, 0.1) is 11.6 Å². The van der Waals surface area contributed by atoms with Crippen LogP contribution in [0.1, 0.15) is 31.3 Å². The second-order valence-electron chi connectivity index (χ2n) is 5.75. The lowest BCUT2D eigenvalue weighted by molar-refractivity contribution is 0.0636. The minimum absolute atomic E-state index is 0.0736. The predicted octanol–water partition coefficient (Wildman–Crippen LogP) is 4.13. The topological polar surface area (TPSA) is 88.5 Å². The Bertz CT molecular complexity index is 799. The maximum absolute atomic E-state index is 13.8. The van der Waals surface area contributed by atoms with Crippen LogP contribution >= 0.6 is 11.3 Å². The van der Waals surface area contributed by atoms with E-state index < -0.39 is 35.0 Å². The average Bonchev–Trinajstić information content (AvgIpc) is 2.83. The molecule has 0 bridgehead atoms. The molecule has 0 atom stereocenters. The van der Waals surface area contributed by atoms with Gasteiger partial charge in [-0.05, 0) is 39.0 Å².